The molecule has 2 rings (SSSR count). The maximum atomic E-state index is 12.6. The van der Waals surface area contributed by atoms with Gasteiger partial charge < -0.3 is 0 Å². The fraction of sp³-hybridized carbons (Fsp3) is 0. The van der Waals surface area contributed by atoms with Crippen LogP contribution >= 0.6 is 11.6 Å². The molecule has 0 unspecified atom stereocenters. The first-order valence-corrected chi connectivity index (χ1v) is 4.65. The minimum absolute atomic E-state index is 0.220. The Morgan fingerprint density at radius 2 is 1.14 bits per heavy atom. The molecule has 0 nitrogen and oxygen atoms in total. The van der Waals surface area contributed by atoms with Crippen LogP contribution in [-0.4, -0.2) is 0 Å². The number of hydrogen-bond acceptors (Lipinski definition) is 0. The molecule has 0 saturated carbocycles. The molecule has 0 atom stereocenters. The van der Waals surface area contributed by atoms with E-state index in [0.717, 1.165) is 11.1 Å². The molecule has 0 aromatic heterocycles. The summed E-state index contributed by atoms with van der Waals surface area (Å²) in [5, 5.41) is 0.705. The Morgan fingerprint density at radius 3 is 1.64 bits per heavy atom. The highest BCUT2D eigenvalue weighted by atomic mass is 35.5. The average molecular weight is 207 g/mol. The highest BCUT2D eigenvalue weighted by Crippen LogP contribution is 2.21. The summed E-state index contributed by atoms with van der Waals surface area (Å²) in [4.78, 5) is 0. The van der Waals surface area contributed by atoms with E-state index in [-0.39, 0.29) is 5.82 Å². The fourth-order valence-corrected chi connectivity index (χ4v) is 1.41. The summed E-state index contributed by atoms with van der Waals surface area (Å²) in [6, 6.07) is 13.9. The predicted octanol–water partition coefficient (Wildman–Crippen LogP) is 4.15. The molecule has 14 heavy (non-hydrogen) atoms. The molecule has 0 amide bonds. The van der Waals surface area contributed by atoms with Gasteiger partial charge >= 0.3 is 0 Å². The summed E-state index contributed by atoms with van der Waals surface area (Å²) in [5.41, 5.74) is 2.03. The van der Waals surface area contributed by atoms with Crippen molar-refractivity contribution in [2.75, 3.05) is 0 Å². The summed E-state index contributed by atoms with van der Waals surface area (Å²) in [5.74, 6) is -0.220. The second kappa shape index (κ2) is 3.81. The van der Waals surface area contributed by atoms with Crippen LogP contribution < -0.4 is 0 Å². The molecule has 0 aliphatic heterocycles. The third-order valence-corrected chi connectivity index (χ3v) is 2.27. The van der Waals surface area contributed by atoms with Crippen LogP contribution in [0.15, 0.2) is 48.5 Å². The molecule has 0 bridgehead atoms. The van der Waals surface area contributed by atoms with E-state index in [2.05, 4.69) is 0 Å². The summed E-state index contributed by atoms with van der Waals surface area (Å²) in [6.07, 6.45) is 0. The van der Waals surface area contributed by atoms with Crippen molar-refractivity contribution in [1.29, 1.82) is 0 Å². The summed E-state index contributed by atoms with van der Waals surface area (Å²) >= 11 is 5.76. The molecule has 0 heterocycles. The van der Waals surface area contributed by atoms with Crippen molar-refractivity contribution in [2.24, 2.45) is 0 Å². The van der Waals surface area contributed by atoms with Crippen LogP contribution in [-0.2, 0) is 0 Å². The first-order chi connectivity index (χ1) is 6.75. The largest absolute Gasteiger partial charge is 0.207 e. The van der Waals surface area contributed by atoms with Crippen LogP contribution in [0.4, 0.5) is 4.39 Å². The van der Waals surface area contributed by atoms with Crippen molar-refractivity contribution in [3.8, 4) is 11.1 Å². The minimum Gasteiger partial charge on any atom is -0.207 e. The van der Waals surface area contributed by atoms with Crippen molar-refractivity contribution in [3.63, 3.8) is 0 Å². The number of benzene rings is 2. The SMILES string of the molecule is Fc1ccc(-c2ccc(Cl)cc2)cc1. The molecule has 2 aromatic carbocycles. The number of hydrogen-bond donors (Lipinski definition) is 0. The molecule has 0 radical (unpaired) electrons. The van der Waals surface area contributed by atoms with Gasteiger partial charge in [0.15, 0.2) is 0 Å². The maximum Gasteiger partial charge on any atom is 0.123 e. The molecule has 2 heteroatoms. The third kappa shape index (κ3) is 1.94. The van der Waals surface area contributed by atoms with Crippen molar-refractivity contribution < 1.29 is 4.39 Å². The van der Waals surface area contributed by atoms with Crippen LogP contribution in [0, 0.1) is 5.82 Å². The Balaban J connectivity index is 2.40. The normalized spacial score (nSPS) is 10.1. The maximum absolute atomic E-state index is 12.6. The fourth-order valence-electron chi connectivity index (χ4n) is 1.28. The van der Waals surface area contributed by atoms with Crippen molar-refractivity contribution in [1.82, 2.24) is 0 Å². The molecule has 70 valence electrons. The first kappa shape index (κ1) is 9.22. The van der Waals surface area contributed by atoms with Gasteiger partial charge in [-0.1, -0.05) is 35.9 Å². The van der Waals surface area contributed by atoms with Gasteiger partial charge in [0.1, 0.15) is 5.82 Å². The molecule has 0 aliphatic carbocycles. The van der Waals surface area contributed by atoms with E-state index in [1.807, 2.05) is 24.3 Å². The average Bonchev–Trinajstić information content (AvgIpc) is 2.21. The van der Waals surface area contributed by atoms with Gasteiger partial charge in [-0.05, 0) is 35.4 Å². The molecule has 0 saturated heterocycles. The summed E-state index contributed by atoms with van der Waals surface area (Å²) in [7, 11) is 0. The molecule has 0 aliphatic rings. The van der Waals surface area contributed by atoms with E-state index in [1.54, 1.807) is 12.1 Å². The van der Waals surface area contributed by atoms with Gasteiger partial charge in [-0.15, -0.1) is 0 Å². The van der Waals surface area contributed by atoms with E-state index in [1.165, 1.54) is 12.1 Å². The number of rotatable bonds is 1. The molecule has 2 aromatic rings. The summed E-state index contributed by atoms with van der Waals surface area (Å²) < 4.78 is 12.6. The highest BCUT2D eigenvalue weighted by Gasteiger charge is 1.97. The zero-order chi connectivity index (χ0) is 9.97. The van der Waals surface area contributed by atoms with E-state index in [9.17, 15) is 4.39 Å². The summed E-state index contributed by atoms with van der Waals surface area (Å²) in [6.45, 7) is 0. The second-order valence-electron chi connectivity index (χ2n) is 3.01. The van der Waals surface area contributed by atoms with Crippen molar-refractivity contribution >= 4 is 11.6 Å². The third-order valence-electron chi connectivity index (χ3n) is 2.02. The standard InChI is InChI=1S/C12H8ClF/c13-11-5-1-9(2-6-11)10-3-7-12(14)8-4-10/h1-8H. The van der Waals surface area contributed by atoms with Crippen LogP contribution in [0.5, 0.6) is 0 Å². The van der Waals surface area contributed by atoms with E-state index in [4.69, 9.17) is 11.6 Å². The minimum atomic E-state index is -0.220. The first-order valence-electron chi connectivity index (χ1n) is 4.27. The second-order valence-corrected chi connectivity index (χ2v) is 3.45. The Hall–Kier alpha value is -1.34. The van der Waals surface area contributed by atoms with Crippen molar-refractivity contribution in [2.45, 2.75) is 0 Å². The molecule has 0 fully saturated rings. The lowest BCUT2D eigenvalue weighted by atomic mass is 10.1. The van der Waals surface area contributed by atoms with Crippen LogP contribution in [0.3, 0.4) is 0 Å². The van der Waals surface area contributed by atoms with Gasteiger partial charge in [0.2, 0.25) is 0 Å². The van der Waals surface area contributed by atoms with Gasteiger partial charge in [-0.3, -0.25) is 0 Å². The zero-order valence-electron chi connectivity index (χ0n) is 7.37. The zero-order valence-corrected chi connectivity index (χ0v) is 8.13. The van der Waals surface area contributed by atoms with Crippen LogP contribution in [0.1, 0.15) is 0 Å². The molecule has 0 N–H and O–H groups in total. The van der Waals surface area contributed by atoms with Crippen LogP contribution in [0.25, 0.3) is 11.1 Å². The Bertz CT molecular complexity index is 374. The highest BCUT2D eigenvalue weighted by molar-refractivity contribution is 6.30. The van der Waals surface area contributed by atoms with E-state index >= 15 is 0 Å². The number of halogens is 2. The Labute approximate surface area is 87.0 Å². The topological polar surface area (TPSA) is 0 Å². The van der Waals surface area contributed by atoms with E-state index in [0.29, 0.717) is 5.02 Å². The van der Waals surface area contributed by atoms with Gasteiger partial charge in [0, 0.05) is 5.02 Å². The van der Waals surface area contributed by atoms with E-state index < -0.39 is 0 Å². The molecular weight excluding hydrogens is 199 g/mol. The quantitative estimate of drug-likeness (QED) is 0.658. The van der Waals surface area contributed by atoms with Gasteiger partial charge in [-0.25, -0.2) is 4.39 Å². The lowest BCUT2D eigenvalue weighted by Crippen LogP contribution is -1.78. The van der Waals surface area contributed by atoms with Gasteiger partial charge in [0.05, 0.1) is 0 Å². The predicted molar refractivity (Wildman–Crippen MR) is 56.8 cm³/mol. The smallest absolute Gasteiger partial charge is 0.123 e. The van der Waals surface area contributed by atoms with Gasteiger partial charge in [-0.2, -0.15) is 0 Å². The Morgan fingerprint density at radius 1 is 0.714 bits per heavy atom. The molecular formula is C12H8ClF. The lowest BCUT2D eigenvalue weighted by molar-refractivity contribution is 0.628. The van der Waals surface area contributed by atoms with Crippen molar-refractivity contribution in [3.05, 3.63) is 59.4 Å². The molecule has 0 spiro atoms. The van der Waals surface area contributed by atoms with Gasteiger partial charge in [0.25, 0.3) is 0 Å². The Kier molecular flexibility index (Phi) is 2.51. The van der Waals surface area contributed by atoms with Crippen LogP contribution in [0.2, 0.25) is 5.02 Å². The lowest BCUT2D eigenvalue weighted by Gasteiger charge is -2.00. The monoisotopic (exact) mass is 206 g/mol.